The molecule has 28 heavy (non-hydrogen) atoms. The van der Waals surface area contributed by atoms with Crippen LogP contribution in [0.5, 0.6) is 0 Å². The van der Waals surface area contributed by atoms with Gasteiger partial charge in [-0.1, -0.05) is 44.3 Å². The van der Waals surface area contributed by atoms with Gasteiger partial charge in [0.1, 0.15) is 10.3 Å². The highest BCUT2D eigenvalue weighted by Gasteiger charge is 2.63. The molecule has 0 saturated carbocycles. The van der Waals surface area contributed by atoms with Crippen LogP contribution in [0, 0.1) is 0 Å². The van der Waals surface area contributed by atoms with Gasteiger partial charge in [0.15, 0.2) is 21.3 Å². The molecule has 1 aromatic heterocycles. The van der Waals surface area contributed by atoms with E-state index >= 15 is 0 Å². The topological polar surface area (TPSA) is 124 Å². The van der Waals surface area contributed by atoms with Gasteiger partial charge in [-0.05, 0) is 22.9 Å². The molecule has 3 atom stereocenters. The zero-order valence-corrected chi connectivity index (χ0v) is 18.7. The molecular formula is C15H21N5O5S3. The van der Waals surface area contributed by atoms with Crippen LogP contribution in [0.1, 0.15) is 27.7 Å². The smallest absolute Gasteiger partial charge is 0.260 e. The number of amides is 1. The van der Waals surface area contributed by atoms with Crippen molar-refractivity contribution in [3.05, 3.63) is 11.3 Å². The van der Waals surface area contributed by atoms with E-state index in [-0.39, 0.29) is 21.5 Å². The lowest BCUT2D eigenvalue weighted by Crippen LogP contribution is -2.71. The van der Waals surface area contributed by atoms with Gasteiger partial charge in [0.25, 0.3) is 5.91 Å². The standard InChI is InChI=1S/C15H21N5O5S3/c1-7-8(12(22)27-15(2,3)4)20-10(21)9(25-6)11(20)28(23,24)13(7)26-14-16-17-18-19(14)5/h9,11,13H,1-6H3/t9-,11+,13?/m0/s1. The summed E-state index contributed by atoms with van der Waals surface area (Å²) in [5.74, 6) is -0.531. The molecule has 2 aliphatic rings. The quantitative estimate of drug-likeness (QED) is 0.605. The van der Waals surface area contributed by atoms with Crippen molar-refractivity contribution in [1.82, 2.24) is 25.1 Å². The van der Waals surface area contributed by atoms with Crippen LogP contribution in [0.2, 0.25) is 0 Å². The Morgan fingerprint density at radius 2 is 1.93 bits per heavy atom. The maximum atomic E-state index is 13.3. The summed E-state index contributed by atoms with van der Waals surface area (Å²) in [5, 5.41) is 9.76. The van der Waals surface area contributed by atoms with Crippen molar-refractivity contribution in [2.45, 2.75) is 53.7 Å². The van der Waals surface area contributed by atoms with E-state index < -0.39 is 36.6 Å². The Labute approximate surface area is 171 Å². The number of carbonyl (C=O) groups is 2. The first kappa shape index (κ1) is 21.3. The van der Waals surface area contributed by atoms with Crippen LogP contribution >= 0.6 is 23.5 Å². The number of tetrazole rings is 1. The predicted octanol–water partition coefficient (Wildman–Crippen LogP) is 0.572. The highest BCUT2D eigenvalue weighted by Crippen LogP contribution is 2.47. The van der Waals surface area contributed by atoms with Gasteiger partial charge >= 0.3 is 0 Å². The van der Waals surface area contributed by atoms with Crippen LogP contribution in [0.25, 0.3) is 0 Å². The minimum Gasteiger partial charge on any atom is -0.368 e. The van der Waals surface area contributed by atoms with Gasteiger partial charge in [0.2, 0.25) is 10.3 Å². The number of methoxy groups -OCH3 is 1. The first-order chi connectivity index (χ1) is 12.9. The SMILES string of the molecule is CO[C@H]1C(=O)N2C(C(=O)SC(C)(C)C)=C(C)C(Sc3nnnn3C)S(=O)(=O)[C@H]12. The van der Waals surface area contributed by atoms with Crippen molar-refractivity contribution in [2.24, 2.45) is 7.05 Å². The van der Waals surface area contributed by atoms with E-state index in [0.29, 0.717) is 0 Å². The minimum absolute atomic E-state index is 0.102. The molecule has 10 nitrogen and oxygen atoms in total. The summed E-state index contributed by atoms with van der Waals surface area (Å²) < 4.78 is 31.5. The van der Waals surface area contributed by atoms with Crippen LogP contribution < -0.4 is 0 Å². The Morgan fingerprint density at radius 3 is 2.43 bits per heavy atom. The number of sulfone groups is 1. The van der Waals surface area contributed by atoms with E-state index in [4.69, 9.17) is 4.74 Å². The van der Waals surface area contributed by atoms with Gasteiger partial charge in [-0.15, -0.1) is 5.10 Å². The van der Waals surface area contributed by atoms with E-state index in [0.717, 1.165) is 28.4 Å². The summed E-state index contributed by atoms with van der Waals surface area (Å²) in [6.07, 6.45) is -1.14. The Morgan fingerprint density at radius 1 is 1.29 bits per heavy atom. The molecule has 3 rings (SSSR count). The molecular weight excluding hydrogens is 426 g/mol. The lowest BCUT2D eigenvalue weighted by molar-refractivity contribution is -0.160. The number of nitrogens with zero attached hydrogens (tertiary/aromatic N) is 5. The van der Waals surface area contributed by atoms with Gasteiger partial charge in [-0.2, -0.15) is 0 Å². The highest BCUT2D eigenvalue weighted by atomic mass is 32.3. The summed E-state index contributed by atoms with van der Waals surface area (Å²) in [4.78, 5) is 26.6. The number of hydrogen-bond acceptors (Lipinski definition) is 10. The van der Waals surface area contributed by atoms with Crippen molar-refractivity contribution in [2.75, 3.05) is 7.11 Å². The molecule has 2 aliphatic heterocycles. The molecule has 1 amide bonds. The molecule has 1 aromatic rings. The van der Waals surface area contributed by atoms with E-state index in [1.165, 1.54) is 11.8 Å². The van der Waals surface area contributed by atoms with Crippen LogP contribution in [0.15, 0.2) is 16.4 Å². The molecule has 3 heterocycles. The average molecular weight is 448 g/mol. The Hall–Kier alpha value is -1.44. The molecule has 0 bridgehead atoms. The van der Waals surface area contributed by atoms with E-state index in [1.807, 2.05) is 20.8 Å². The molecule has 0 radical (unpaired) electrons. The van der Waals surface area contributed by atoms with Crippen molar-refractivity contribution < 1.29 is 22.7 Å². The van der Waals surface area contributed by atoms with Crippen molar-refractivity contribution in [1.29, 1.82) is 0 Å². The number of carbonyl (C=O) groups excluding carboxylic acids is 2. The molecule has 1 saturated heterocycles. The molecule has 0 aliphatic carbocycles. The largest absolute Gasteiger partial charge is 0.368 e. The third kappa shape index (κ3) is 3.37. The number of thioether (sulfide) groups is 2. The Kier molecular flexibility index (Phi) is 5.40. The van der Waals surface area contributed by atoms with E-state index in [2.05, 4.69) is 15.5 Å². The number of aryl methyl sites for hydroxylation is 1. The lowest BCUT2D eigenvalue weighted by Gasteiger charge is -2.50. The van der Waals surface area contributed by atoms with Gasteiger partial charge in [0.05, 0.1) is 0 Å². The van der Waals surface area contributed by atoms with Crippen molar-refractivity contribution in [3.63, 3.8) is 0 Å². The van der Waals surface area contributed by atoms with Gasteiger partial charge < -0.3 is 4.74 Å². The van der Waals surface area contributed by atoms with Crippen LogP contribution in [-0.4, -0.2) is 72.5 Å². The van der Waals surface area contributed by atoms with Crippen LogP contribution in [0.4, 0.5) is 0 Å². The fraction of sp³-hybridized carbons (Fsp3) is 0.667. The number of aromatic nitrogens is 4. The van der Waals surface area contributed by atoms with Crippen molar-refractivity contribution >= 4 is 44.4 Å². The maximum Gasteiger partial charge on any atom is 0.260 e. The Balaban J connectivity index is 2.12. The summed E-state index contributed by atoms with van der Waals surface area (Å²) >= 11 is 1.98. The number of β-lactam (4-membered cyclic amide) rings is 1. The molecule has 0 aromatic carbocycles. The predicted molar refractivity (Wildman–Crippen MR) is 104 cm³/mol. The fourth-order valence-electron chi connectivity index (χ4n) is 3.04. The third-order valence-corrected chi connectivity index (χ3v) is 9.53. The van der Waals surface area contributed by atoms with Gasteiger partial charge in [-0.25, -0.2) is 13.1 Å². The Bertz CT molecular complexity index is 965. The summed E-state index contributed by atoms with van der Waals surface area (Å²) in [6, 6.07) is 0. The zero-order chi connectivity index (χ0) is 21.0. The first-order valence-electron chi connectivity index (χ1n) is 8.32. The molecule has 1 fully saturated rings. The summed E-state index contributed by atoms with van der Waals surface area (Å²) in [7, 11) is -1.02. The van der Waals surface area contributed by atoms with E-state index in [1.54, 1.807) is 14.0 Å². The number of rotatable bonds is 4. The normalized spacial score (nSPS) is 26.9. The average Bonchev–Trinajstić information content (AvgIpc) is 2.96. The first-order valence-corrected chi connectivity index (χ1v) is 11.6. The summed E-state index contributed by atoms with van der Waals surface area (Å²) in [6.45, 7) is 7.17. The number of hydrogen-bond donors (Lipinski definition) is 0. The monoisotopic (exact) mass is 447 g/mol. The summed E-state index contributed by atoms with van der Waals surface area (Å²) in [5.41, 5.74) is 0.389. The number of fused-ring (bicyclic) bond motifs is 1. The lowest BCUT2D eigenvalue weighted by atomic mass is 10.1. The maximum absolute atomic E-state index is 13.3. The fourth-order valence-corrected chi connectivity index (χ4v) is 7.78. The number of ether oxygens (including phenoxy) is 1. The van der Waals surface area contributed by atoms with Crippen LogP contribution in [0.3, 0.4) is 0 Å². The van der Waals surface area contributed by atoms with E-state index in [9.17, 15) is 18.0 Å². The van der Waals surface area contributed by atoms with Gasteiger partial charge in [-0.3, -0.25) is 14.5 Å². The molecule has 1 unspecified atom stereocenters. The molecule has 0 spiro atoms. The second-order valence-corrected chi connectivity index (χ2v) is 12.7. The molecule has 0 N–H and O–H groups in total. The van der Waals surface area contributed by atoms with Gasteiger partial charge in [0, 0.05) is 18.9 Å². The second-order valence-electron chi connectivity index (χ2n) is 7.41. The molecule has 13 heteroatoms. The van der Waals surface area contributed by atoms with Crippen LogP contribution in [-0.2, 0) is 31.2 Å². The highest BCUT2D eigenvalue weighted by molar-refractivity contribution is 8.15. The minimum atomic E-state index is -3.90. The van der Waals surface area contributed by atoms with Crippen molar-refractivity contribution in [3.8, 4) is 0 Å². The molecule has 154 valence electrons. The second kappa shape index (κ2) is 7.11. The third-order valence-electron chi connectivity index (χ3n) is 4.24. The zero-order valence-electron chi connectivity index (χ0n) is 16.2.